The van der Waals surface area contributed by atoms with Gasteiger partial charge in [0.15, 0.2) is 0 Å². The number of ether oxygens (including phenoxy) is 1. The fourth-order valence-corrected chi connectivity index (χ4v) is 3.69. The molecular formula is C23H23N7O2. The maximum atomic E-state index is 12.9. The topological polar surface area (TPSA) is 98.1 Å². The molecule has 32 heavy (non-hydrogen) atoms. The standard InChI is InChI=1S/C23H23N7O2/c1-15-25-14-21(29(15)2)19-4-3-18-20(28-19)12-17(13-26-18)27-23(31)16-5-6-24-22(11-16)30-7-9-32-10-8-30/h3-6,11-14H,7-10H2,1-2H3,(H,27,31). The summed E-state index contributed by atoms with van der Waals surface area (Å²) >= 11 is 0. The van der Waals surface area contributed by atoms with Crippen LogP contribution in [0.2, 0.25) is 0 Å². The highest BCUT2D eigenvalue weighted by molar-refractivity contribution is 6.05. The average molecular weight is 429 g/mol. The summed E-state index contributed by atoms with van der Waals surface area (Å²) in [4.78, 5) is 32.9. The van der Waals surface area contributed by atoms with E-state index >= 15 is 0 Å². The first-order valence-corrected chi connectivity index (χ1v) is 10.4. The number of aromatic nitrogens is 5. The van der Waals surface area contributed by atoms with Crippen LogP contribution in [0.4, 0.5) is 11.5 Å². The molecule has 4 aromatic heterocycles. The monoisotopic (exact) mass is 429 g/mol. The van der Waals surface area contributed by atoms with Gasteiger partial charge in [-0.05, 0) is 37.3 Å². The van der Waals surface area contributed by atoms with Crippen molar-refractivity contribution in [3.8, 4) is 11.4 Å². The number of morpholine rings is 1. The Labute approximate surface area is 185 Å². The summed E-state index contributed by atoms with van der Waals surface area (Å²) in [6, 6.07) is 9.18. The summed E-state index contributed by atoms with van der Waals surface area (Å²) in [5.41, 5.74) is 4.29. The van der Waals surface area contributed by atoms with Gasteiger partial charge in [-0.3, -0.25) is 9.78 Å². The molecule has 0 spiro atoms. The van der Waals surface area contributed by atoms with Gasteiger partial charge in [0.2, 0.25) is 0 Å². The molecule has 1 aliphatic heterocycles. The quantitative estimate of drug-likeness (QED) is 0.533. The highest BCUT2D eigenvalue weighted by atomic mass is 16.5. The van der Waals surface area contributed by atoms with Crippen molar-refractivity contribution in [3.63, 3.8) is 0 Å². The zero-order chi connectivity index (χ0) is 22.1. The van der Waals surface area contributed by atoms with Gasteiger partial charge < -0.3 is 19.5 Å². The van der Waals surface area contributed by atoms with E-state index in [-0.39, 0.29) is 5.91 Å². The van der Waals surface area contributed by atoms with Crippen LogP contribution in [-0.2, 0) is 11.8 Å². The first-order chi connectivity index (χ1) is 15.6. The maximum Gasteiger partial charge on any atom is 0.255 e. The maximum absolute atomic E-state index is 12.9. The van der Waals surface area contributed by atoms with Crippen molar-refractivity contribution in [2.45, 2.75) is 6.92 Å². The van der Waals surface area contributed by atoms with Gasteiger partial charge in [-0.25, -0.2) is 15.0 Å². The van der Waals surface area contributed by atoms with Crippen LogP contribution >= 0.6 is 0 Å². The van der Waals surface area contributed by atoms with E-state index in [9.17, 15) is 4.79 Å². The van der Waals surface area contributed by atoms with E-state index in [1.54, 1.807) is 30.7 Å². The number of fused-ring (bicyclic) bond motifs is 1. The Kier molecular flexibility index (Phi) is 5.24. The minimum atomic E-state index is -0.221. The van der Waals surface area contributed by atoms with Crippen LogP contribution < -0.4 is 10.2 Å². The lowest BCUT2D eigenvalue weighted by Gasteiger charge is -2.27. The van der Waals surface area contributed by atoms with E-state index in [0.29, 0.717) is 30.0 Å². The molecule has 5 heterocycles. The number of carbonyl (C=O) groups is 1. The van der Waals surface area contributed by atoms with Crippen molar-refractivity contribution in [3.05, 3.63) is 60.3 Å². The Hall–Kier alpha value is -3.85. The van der Waals surface area contributed by atoms with Gasteiger partial charge in [-0.1, -0.05) is 0 Å². The molecule has 5 rings (SSSR count). The Balaban J connectivity index is 1.39. The van der Waals surface area contributed by atoms with Gasteiger partial charge in [-0.2, -0.15) is 0 Å². The Morgan fingerprint density at radius 3 is 2.66 bits per heavy atom. The predicted molar refractivity (Wildman–Crippen MR) is 122 cm³/mol. The van der Waals surface area contributed by atoms with Gasteiger partial charge in [0.25, 0.3) is 5.91 Å². The molecule has 1 N–H and O–H groups in total. The number of anilines is 2. The number of pyridine rings is 3. The summed E-state index contributed by atoms with van der Waals surface area (Å²) < 4.78 is 7.38. The van der Waals surface area contributed by atoms with Crippen molar-refractivity contribution >= 4 is 28.4 Å². The number of imidazole rings is 1. The zero-order valence-electron chi connectivity index (χ0n) is 17.9. The van der Waals surface area contributed by atoms with Crippen molar-refractivity contribution in [1.82, 2.24) is 24.5 Å². The zero-order valence-corrected chi connectivity index (χ0v) is 17.9. The van der Waals surface area contributed by atoms with E-state index < -0.39 is 0 Å². The number of carbonyl (C=O) groups excluding carboxylic acids is 1. The van der Waals surface area contributed by atoms with Crippen LogP contribution in [-0.4, -0.2) is 56.7 Å². The summed E-state index contributed by atoms with van der Waals surface area (Å²) in [5, 5.41) is 2.93. The Morgan fingerprint density at radius 2 is 1.88 bits per heavy atom. The van der Waals surface area contributed by atoms with E-state index in [0.717, 1.165) is 41.6 Å². The molecule has 9 heteroatoms. The smallest absolute Gasteiger partial charge is 0.255 e. The first kappa shape index (κ1) is 20.1. The van der Waals surface area contributed by atoms with Gasteiger partial charge >= 0.3 is 0 Å². The molecule has 0 unspecified atom stereocenters. The Morgan fingerprint density at radius 1 is 1.03 bits per heavy atom. The Bertz CT molecular complexity index is 1290. The minimum Gasteiger partial charge on any atom is -0.378 e. The molecule has 0 aromatic carbocycles. The van der Waals surface area contributed by atoms with Crippen molar-refractivity contribution in [2.24, 2.45) is 7.05 Å². The van der Waals surface area contributed by atoms with Gasteiger partial charge in [-0.15, -0.1) is 0 Å². The molecule has 1 amide bonds. The second kappa shape index (κ2) is 8.35. The number of rotatable bonds is 4. The van der Waals surface area contributed by atoms with E-state index in [1.807, 2.05) is 36.7 Å². The van der Waals surface area contributed by atoms with E-state index in [2.05, 4.69) is 25.2 Å². The molecule has 1 aliphatic rings. The van der Waals surface area contributed by atoms with Crippen molar-refractivity contribution in [2.75, 3.05) is 36.5 Å². The number of aryl methyl sites for hydroxylation is 1. The van der Waals surface area contributed by atoms with Crippen LogP contribution in [0, 0.1) is 6.92 Å². The fourth-order valence-electron chi connectivity index (χ4n) is 3.69. The molecule has 0 radical (unpaired) electrons. The molecule has 162 valence electrons. The number of nitrogens with zero attached hydrogens (tertiary/aromatic N) is 6. The van der Waals surface area contributed by atoms with E-state index in [1.165, 1.54) is 0 Å². The average Bonchev–Trinajstić information content (AvgIpc) is 3.17. The summed E-state index contributed by atoms with van der Waals surface area (Å²) in [5.74, 6) is 1.46. The summed E-state index contributed by atoms with van der Waals surface area (Å²) in [6.07, 6.45) is 5.10. The molecule has 1 fully saturated rings. The molecule has 0 aliphatic carbocycles. The summed E-state index contributed by atoms with van der Waals surface area (Å²) in [7, 11) is 1.96. The molecule has 4 aromatic rings. The SMILES string of the molecule is Cc1ncc(-c2ccc3ncc(NC(=O)c4ccnc(N5CCOCC5)c4)cc3n2)n1C. The van der Waals surface area contributed by atoms with Crippen molar-refractivity contribution in [1.29, 1.82) is 0 Å². The van der Waals surface area contributed by atoms with Crippen LogP contribution in [0.5, 0.6) is 0 Å². The van der Waals surface area contributed by atoms with Crippen LogP contribution in [0.3, 0.4) is 0 Å². The largest absolute Gasteiger partial charge is 0.378 e. The number of hydrogen-bond acceptors (Lipinski definition) is 7. The van der Waals surface area contributed by atoms with E-state index in [4.69, 9.17) is 9.72 Å². The lowest BCUT2D eigenvalue weighted by Crippen LogP contribution is -2.36. The van der Waals surface area contributed by atoms with Gasteiger partial charge in [0.1, 0.15) is 11.6 Å². The highest BCUT2D eigenvalue weighted by Crippen LogP contribution is 2.23. The fraction of sp³-hybridized carbons (Fsp3) is 0.261. The first-order valence-electron chi connectivity index (χ1n) is 10.4. The molecule has 1 saturated heterocycles. The van der Waals surface area contributed by atoms with Crippen molar-refractivity contribution < 1.29 is 9.53 Å². The number of hydrogen-bond donors (Lipinski definition) is 1. The third kappa shape index (κ3) is 3.90. The number of amides is 1. The second-order valence-corrected chi connectivity index (χ2v) is 7.66. The highest BCUT2D eigenvalue weighted by Gasteiger charge is 2.15. The third-order valence-electron chi connectivity index (χ3n) is 5.62. The van der Waals surface area contributed by atoms with Gasteiger partial charge in [0, 0.05) is 31.9 Å². The van der Waals surface area contributed by atoms with Crippen LogP contribution in [0.15, 0.2) is 48.9 Å². The van der Waals surface area contributed by atoms with Crippen LogP contribution in [0.1, 0.15) is 16.2 Å². The molecule has 9 nitrogen and oxygen atoms in total. The molecular weight excluding hydrogens is 406 g/mol. The molecule has 0 saturated carbocycles. The lowest BCUT2D eigenvalue weighted by molar-refractivity contribution is 0.102. The number of nitrogens with one attached hydrogen (secondary N) is 1. The van der Waals surface area contributed by atoms with Gasteiger partial charge in [0.05, 0.1) is 53.7 Å². The summed E-state index contributed by atoms with van der Waals surface area (Å²) in [6.45, 7) is 4.79. The normalized spacial score (nSPS) is 14.0. The lowest BCUT2D eigenvalue weighted by atomic mass is 10.2. The second-order valence-electron chi connectivity index (χ2n) is 7.66. The minimum absolute atomic E-state index is 0.221. The van der Waals surface area contributed by atoms with Crippen LogP contribution in [0.25, 0.3) is 22.4 Å². The predicted octanol–water partition coefficient (Wildman–Crippen LogP) is 2.82. The molecule has 0 bridgehead atoms. The third-order valence-corrected chi connectivity index (χ3v) is 5.62. The molecule has 0 atom stereocenters.